The Hall–Kier alpha value is -1.40. The monoisotopic (exact) mass is 306 g/mol. The first-order valence-corrected chi connectivity index (χ1v) is 8.48. The summed E-state index contributed by atoms with van der Waals surface area (Å²) in [5.74, 6) is 1.36. The number of thiophene rings is 1. The Bertz CT molecular complexity index is 596. The fraction of sp³-hybridized carbons (Fsp3) is 0.600. The Kier molecular flexibility index (Phi) is 4.55. The van der Waals surface area contributed by atoms with Crippen molar-refractivity contribution in [3.05, 3.63) is 11.4 Å². The summed E-state index contributed by atoms with van der Waals surface area (Å²) in [6.07, 6.45) is 3.70. The summed E-state index contributed by atoms with van der Waals surface area (Å²) < 4.78 is 5.92. The van der Waals surface area contributed by atoms with Crippen molar-refractivity contribution >= 4 is 27.5 Å². The molecule has 0 spiro atoms. The van der Waals surface area contributed by atoms with Gasteiger partial charge in [-0.1, -0.05) is 6.92 Å². The second kappa shape index (κ2) is 6.58. The van der Waals surface area contributed by atoms with Gasteiger partial charge in [0.25, 0.3) is 0 Å². The van der Waals surface area contributed by atoms with Crippen LogP contribution in [0.15, 0.2) is 11.4 Å². The fourth-order valence-electron chi connectivity index (χ4n) is 2.24. The zero-order valence-corrected chi connectivity index (χ0v) is 13.4. The first-order chi connectivity index (χ1) is 10.3. The second-order valence-electron chi connectivity index (χ2n) is 5.48. The molecular formula is C15H22N4OS. The van der Waals surface area contributed by atoms with Crippen LogP contribution in [0.4, 0.5) is 5.95 Å². The molecular weight excluding hydrogens is 284 g/mol. The van der Waals surface area contributed by atoms with Gasteiger partial charge < -0.3 is 15.0 Å². The van der Waals surface area contributed by atoms with E-state index in [1.54, 1.807) is 11.3 Å². The van der Waals surface area contributed by atoms with Gasteiger partial charge in [-0.25, -0.2) is 4.98 Å². The molecule has 0 amide bonds. The van der Waals surface area contributed by atoms with Crippen LogP contribution in [0.5, 0.6) is 5.88 Å². The number of rotatable bonds is 8. The van der Waals surface area contributed by atoms with Gasteiger partial charge in [-0.15, -0.1) is 11.3 Å². The van der Waals surface area contributed by atoms with Crippen LogP contribution in [-0.2, 0) is 0 Å². The summed E-state index contributed by atoms with van der Waals surface area (Å²) in [4.78, 5) is 12.4. The van der Waals surface area contributed by atoms with Gasteiger partial charge >= 0.3 is 0 Å². The topological polar surface area (TPSA) is 50.3 Å². The molecule has 1 fully saturated rings. The molecule has 0 bridgehead atoms. The highest BCUT2D eigenvalue weighted by molar-refractivity contribution is 7.16. The number of anilines is 1. The summed E-state index contributed by atoms with van der Waals surface area (Å²) in [6.45, 7) is 4.61. The zero-order chi connectivity index (χ0) is 14.7. The molecule has 0 atom stereocenters. The van der Waals surface area contributed by atoms with Crippen molar-refractivity contribution in [1.82, 2.24) is 14.9 Å². The Morgan fingerprint density at radius 2 is 2.29 bits per heavy atom. The lowest BCUT2D eigenvalue weighted by molar-refractivity contribution is 0.228. The Morgan fingerprint density at radius 1 is 1.43 bits per heavy atom. The minimum Gasteiger partial charge on any atom is -0.476 e. The Labute approximate surface area is 129 Å². The quantitative estimate of drug-likeness (QED) is 0.812. The van der Waals surface area contributed by atoms with Crippen LogP contribution in [-0.4, -0.2) is 47.7 Å². The largest absolute Gasteiger partial charge is 0.476 e. The van der Waals surface area contributed by atoms with E-state index in [0.717, 1.165) is 35.8 Å². The van der Waals surface area contributed by atoms with Gasteiger partial charge in [0.1, 0.15) is 11.4 Å². The molecule has 0 aliphatic heterocycles. The summed E-state index contributed by atoms with van der Waals surface area (Å²) in [6, 6.07) is 2.80. The molecule has 2 heterocycles. The minimum absolute atomic E-state index is 0.664. The summed E-state index contributed by atoms with van der Waals surface area (Å²) >= 11 is 1.62. The van der Waals surface area contributed by atoms with E-state index in [0.29, 0.717) is 18.4 Å². The fourth-order valence-corrected chi connectivity index (χ4v) is 2.99. The molecule has 1 N–H and O–H groups in total. The summed E-state index contributed by atoms with van der Waals surface area (Å²) in [7, 11) is 2.16. The summed E-state index contributed by atoms with van der Waals surface area (Å²) in [5.41, 5.74) is 0. The van der Waals surface area contributed by atoms with E-state index < -0.39 is 0 Å². The number of ether oxygens (including phenoxy) is 1. The highest BCUT2D eigenvalue weighted by Gasteiger charge is 2.25. The normalized spacial score (nSPS) is 14.8. The van der Waals surface area contributed by atoms with Crippen LogP contribution in [0, 0.1) is 0 Å². The van der Waals surface area contributed by atoms with Crippen molar-refractivity contribution in [3.63, 3.8) is 0 Å². The molecule has 114 valence electrons. The van der Waals surface area contributed by atoms with Crippen LogP contribution < -0.4 is 10.1 Å². The Morgan fingerprint density at radius 3 is 3.05 bits per heavy atom. The molecule has 21 heavy (non-hydrogen) atoms. The number of nitrogens with one attached hydrogen (secondary N) is 1. The molecule has 2 aromatic rings. The third-order valence-electron chi connectivity index (χ3n) is 3.68. The maximum Gasteiger partial charge on any atom is 0.227 e. The third kappa shape index (κ3) is 3.63. The van der Waals surface area contributed by atoms with Crippen LogP contribution >= 0.6 is 11.3 Å². The van der Waals surface area contributed by atoms with Crippen molar-refractivity contribution in [2.24, 2.45) is 0 Å². The number of nitrogens with zero attached hydrogens (tertiary/aromatic N) is 3. The van der Waals surface area contributed by atoms with Gasteiger partial charge in [0.2, 0.25) is 11.8 Å². The SMILES string of the molecule is CCCNc1nc(OCCN(C)C2CC2)c2ccsc2n1. The lowest BCUT2D eigenvalue weighted by Crippen LogP contribution is -2.26. The van der Waals surface area contributed by atoms with Crippen molar-refractivity contribution < 1.29 is 4.74 Å². The van der Waals surface area contributed by atoms with E-state index in [-0.39, 0.29) is 0 Å². The first-order valence-electron chi connectivity index (χ1n) is 7.60. The number of hydrogen-bond donors (Lipinski definition) is 1. The molecule has 1 aliphatic carbocycles. The molecule has 0 radical (unpaired) electrons. The van der Waals surface area contributed by atoms with Gasteiger partial charge in [-0.3, -0.25) is 0 Å². The average molecular weight is 306 g/mol. The number of aromatic nitrogens is 2. The van der Waals surface area contributed by atoms with Crippen LogP contribution in [0.25, 0.3) is 10.2 Å². The molecule has 0 unspecified atom stereocenters. The standard InChI is InChI=1S/C15H22N4OS/c1-3-7-16-15-17-13(12-6-10-21-14(12)18-15)20-9-8-19(2)11-4-5-11/h6,10-11H,3-5,7-9H2,1-2H3,(H,16,17,18). The van der Waals surface area contributed by atoms with Gasteiger partial charge in [-0.05, 0) is 37.8 Å². The minimum atomic E-state index is 0.664. The van der Waals surface area contributed by atoms with E-state index in [9.17, 15) is 0 Å². The van der Waals surface area contributed by atoms with Crippen molar-refractivity contribution in [2.45, 2.75) is 32.2 Å². The Balaban J connectivity index is 1.67. The molecule has 1 aliphatic rings. The van der Waals surface area contributed by atoms with E-state index >= 15 is 0 Å². The second-order valence-corrected chi connectivity index (χ2v) is 6.37. The van der Waals surface area contributed by atoms with Crippen LogP contribution in [0.2, 0.25) is 0 Å². The lowest BCUT2D eigenvalue weighted by atomic mass is 10.4. The molecule has 5 nitrogen and oxygen atoms in total. The highest BCUT2D eigenvalue weighted by Crippen LogP contribution is 2.28. The molecule has 3 rings (SSSR count). The lowest BCUT2D eigenvalue weighted by Gasteiger charge is -2.16. The van der Waals surface area contributed by atoms with Gasteiger partial charge in [0, 0.05) is 19.1 Å². The van der Waals surface area contributed by atoms with E-state index in [1.807, 2.05) is 11.4 Å². The maximum atomic E-state index is 5.92. The molecule has 6 heteroatoms. The van der Waals surface area contributed by atoms with Crippen molar-refractivity contribution in [1.29, 1.82) is 0 Å². The average Bonchev–Trinajstić information content (AvgIpc) is 3.23. The van der Waals surface area contributed by atoms with Crippen LogP contribution in [0.3, 0.4) is 0 Å². The molecule has 0 saturated heterocycles. The predicted molar refractivity (Wildman–Crippen MR) is 87.3 cm³/mol. The van der Waals surface area contributed by atoms with Crippen molar-refractivity contribution in [3.8, 4) is 5.88 Å². The third-order valence-corrected chi connectivity index (χ3v) is 4.48. The number of hydrogen-bond acceptors (Lipinski definition) is 6. The maximum absolute atomic E-state index is 5.92. The smallest absolute Gasteiger partial charge is 0.227 e. The molecule has 1 saturated carbocycles. The van der Waals surface area contributed by atoms with E-state index in [2.05, 4.69) is 34.2 Å². The number of fused-ring (bicyclic) bond motifs is 1. The zero-order valence-electron chi connectivity index (χ0n) is 12.6. The van der Waals surface area contributed by atoms with E-state index in [1.165, 1.54) is 12.8 Å². The van der Waals surface area contributed by atoms with Gasteiger partial charge in [0.15, 0.2) is 0 Å². The number of likely N-dealkylation sites (N-methyl/N-ethyl adjacent to an activating group) is 1. The summed E-state index contributed by atoms with van der Waals surface area (Å²) in [5, 5.41) is 6.28. The van der Waals surface area contributed by atoms with Crippen molar-refractivity contribution in [2.75, 3.05) is 32.1 Å². The first kappa shape index (κ1) is 14.5. The van der Waals surface area contributed by atoms with Gasteiger partial charge in [-0.2, -0.15) is 4.98 Å². The van der Waals surface area contributed by atoms with Crippen LogP contribution in [0.1, 0.15) is 26.2 Å². The van der Waals surface area contributed by atoms with Gasteiger partial charge in [0.05, 0.1) is 5.39 Å². The molecule has 0 aromatic carbocycles. The highest BCUT2D eigenvalue weighted by atomic mass is 32.1. The predicted octanol–water partition coefficient (Wildman–Crippen LogP) is 2.99. The molecule has 2 aromatic heterocycles. The van der Waals surface area contributed by atoms with E-state index in [4.69, 9.17) is 4.74 Å².